The van der Waals surface area contributed by atoms with E-state index >= 15 is 0 Å². The van der Waals surface area contributed by atoms with Crippen molar-refractivity contribution in [2.75, 3.05) is 13.7 Å². The van der Waals surface area contributed by atoms with Crippen LogP contribution in [0.4, 0.5) is 3.89 Å². The van der Waals surface area contributed by atoms with E-state index in [1.807, 2.05) is 6.92 Å². The second kappa shape index (κ2) is 9.01. The molecule has 1 rings (SSSR count). The van der Waals surface area contributed by atoms with Gasteiger partial charge >= 0.3 is 10.5 Å². The number of halogens is 1. The number of hydrogen-bond acceptors (Lipinski definition) is 6. The summed E-state index contributed by atoms with van der Waals surface area (Å²) in [5, 5.41) is 0. The van der Waals surface area contributed by atoms with Crippen LogP contribution in [0.5, 0.6) is 0 Å². The predicted octanol–water partition coefficient (Wildman–Crippen LogP) is 2.04. The molecule has 20 heavy (non-hydrogen) atoms. The van der Waals surface area contributed by atoms with Crippen LogP contribution in [0.3, 0.4) is 0 Å². The Balaban J connectivity index is 0.000000511. The van der Waals surface area contributed by atoms with E-state index in [0.717, 1.165) is 20.0 Å². The molecular formula is C11H17FO6S2. The quantitative estimate of drug-likeness (QED) is 0.451. The van der Waals surface area contributed by atoms with E-state index in [1.54, 1.807) is 18.2 Å². The highest BCUT2D eigenvalue weighted by molar-refractivity contribution is 7.86. The van der Waals surface area contributed by atoms with Crippen LogP contribution in [0.15, 0.2) is 35.2 Å². The highest BCUT2D eigenvalue weighted by Crippen LogP contribution is 2.11. The van der Waals surface area contributed by atoms with Gasteiger partial charge in [-0.1, -0.05) is 35.4 Å². The van der Waals surface area contributed by atoms with Crippen LogP contribution in [0, 0.1) is 0 Å². The zero-order chi connectivity index (χ0) is 15.6. The summed E-state index contributed by atoms with van der Waals surface area (Å²) in [4.78, 5) is 0.219. The maximum Gasteiger partial charge on any atom is 0.437 e. The molecule has 0 aliphatic rings. The smallest absolute Gasteiger partial charge is 0.266 e. The lowest BCUT2D eigenvalue weighted by Crippen LogP contribution is -2.07. The van der Waals surface area contributed by atoms with Crippen LogP contribution in [-0.4, -0.2) is 30.6 Å². The molecule has 0 saturated carbocycles. The zero-order valence-electron chi connectivity index (χ0n) is 11.2. The molecule has 0 fully saturated rings. The molecule has 0 aromatic heterocycles. The van der Waals surface area contributed by atoms with Crippen molar-refractivity contribution in [1.82, 2.24) is 0 Å². The van der Waals surface area contributed by atoms with Crippen molar-refractivity contribution >= 4 is 20.6 Å². The van der Waals surface area contributed by atoms with Gasteiger partial charge in [-0.25, -0.2) is 4.18 Å². The van der Waals surface area contributed by atoms with Gasteiger partial charge < -0.3 is 0 Å². The summed E-state index contributed by atoms with van der Waals surface area (Å²) in [5.41, 5.74) is 0. The normalized spacial score (nSPS) is 11.6. The summed E-state index contributed by atoms with van der Waals surface area (Å²) in [6.45, 7) is 2.24. The largest absolute Gasteiger partial charge is 0.437 e. The molecular weight excluding hydrogens is 311 g/mol. The van der Waals surface area contributed by atoms with Gasteiger partial charge in [-0.2, -0.15) is 16.8 Å². The molecule has 0 aliphatic carbocycles. The molecule has 0 spiro atoms. The third-order valence-electron chi connectivity index (χ3n) is 1.97. The first kappa shape index (κ1) is 19.0. The SMILES string of the molecule is CCCCOS(=O)(=O)c1ccccc1.COS(=O)(=O)F. The van der Waals surface area contributed by atoms with Gasteiger partial charge in [-0.3, -0.25) is 4.18 Å². The fourth-order valence-electron chi connectivity index (χ4n) is 0.968. The molecule has 116 valence electrons. The third kappa shape index (κ3) is 8.97. The topological polar surface area (TPSA) is 86.7 Å². The van der Waals surface area contributed by atoms with Crippen molar-refractivity contribution in [3.05, 3.63) is 30.3 Å². The molecule has 6 nitrogen and oxygen atoms in total. The van der Waals surface area contributed by atoms with E-state index in [1.165, 1.54) is 12.1 Å². The Morgan fingerprint density at radius 1 is 1.10 bits per heavy atom. The van der Waals surface area contributed by atoms with Gasteiger partial charge in [-0.05, 0) is 18.6 Å². The maximum atomic E-state index is 11.5. The van der Waals surface area contributed by atoms with Gasteiger partial charge in [0.25, 0.3) is 10.1 Å². The molecule has 9 heteroatoms. The maximum absolute atomic E-state index is 11.5. The Kier molecular flexibility index (Phi) is 8.54. The van der Waals surface area contributed by atoms with Crippen molar-refractivity contribution in [3.63, 3.8) is 0 Å². The monoisotopic (exact) mass is 328 g/mol. The lowest BCUT2D eigenvalue weighted by Gasteiger charge is -2.03. The number of unbranched alkanes of at least 4 members (excludes halogenated alkanes) is 1. The number of hydrogen-bond donors (Lipinski definition) is 0. The first-order valence-electron chi connectivity index (χ1n) is 5.67. The molecule has 0 radical (unpaired) electrons. The van der Waals surface area contributed by atoms with Crippen molar-refractivity contribution in [2.24, 2.45) is 0 Å². The Morgan fingerprint density at radius 2 is 1.60 bits per heavy atom. The van der Waals surface area contributed by atoms with E-state index in [0.29, 0.717) is 0 Å². The van der Waals surface area contributed by atoms with Crippen molar-refractivity contribution in [3.8, 4) is 0 Å². The van der Waals surface area contributed by atoms with E-state index in [9.17, 15) is 12.3 Å². The zero-order valence-corrected chi connectivity index (χ0v) is 12.8. The summed E-state index contributed by atoms with van der Waals surface area (Å²) in [7, 11) is -7.45. The molecule has 0 aliphatic heterocycles. The average molecular weight is 328 g/mol. The van der Waals surface area contributed by atoms with Crippen LogP contribution in [0.1, 0.15) is 19.8 Å². The fourth-order valence-corrected chi connectivity index (χ4v) is 1.93. The second-order valence-electron chi connectivity index (χ2n) is 3.50. The van der Waals surface area contributed by atoms with Crippen LogP contribution >= 0.6 is 0 Å². The molecule has 1 aromatic carbocycles. The predicted molar refractivity (Wildman–Crippen MR) is 71.5 cm³/mol. The molecule has 0 unspecified atom stereocenters. The Labute approximate surface area is 119 Å². The van der Waals surface area contributed by atoms with Crippen LogP contribution in [-0.2, 0) is 29.0 Å². The minimum atomic E-state index is -4.66. The molecule has 0 atom stereocenters. The average Bonchev–Trinajstić information content (AvgIpc) is 2.40. The standard InChI is InChI=1S/C10H14O3S.CH3FO3S/c1-2-3-9-13-14(11,12)10-7-5-4-6-8-10;1-5-6(2,3)4/h4-8H,2-3,9H2,1H3;1H3. The lowest BCUT2D eigenvalue weighted by molar-refractivity contribution is 0.311. The van der Waals surface area contributed by atoms with Gasteiger partial charge in [0, 0.05) is 0 Å². The minimum absolute atomic E-state index is 0.219. The van der Waals surface area contributed by atoms with Crippen LogP contribution in [0.25, 0.3) is 0 Å². The van der Waals surface area contributed by atoms with E-state index < -0.39 is 20.6 Å². The molecule has 0 bridgehead atoms. The van der Waals surface area contributed by atoms with Crippen LogP contribution < -0.4 is 0 Å². The number of benzene rings is 1. The van der Waals surface area contributed by atoms with E-state index in [-0.39, 0.29) is 11.5 Å². The lowest BCUT2D eigenvalue weighted by atomic mass is 10.4. The van der Waals surface area contributed by atoms with Gasteiger partial charge in [0.1, 0.15) is 0 Å². The minimum Gasteiger partial charge on any atom is -0.266 e. The Hall–Kier alpha value is -1.03. The van der Waals surface area contributed by atoms with Gasteiger partial charge in [0.05, 0.1) is 18.6 Å². The molecule has 0 saturated heterocycles. The first-order valence-corrected chi connectivity index (χ1v) is 8.39. The molecule has 0 heterocycles. The molecule has 0 N–H and O–H groups in total. The Bertz CT molecular complexity index is 568. The summed E-state index contributed by atoms with van der Waals surface area (Å²) >= 11 is 0. The van der Waals surface area contributed by atoms with Crippen molar-refractivity contribution in [1.29, 1.82) is 0 Å². The molecule has 1 aromatic rings. The van der Waals surface area contributed by atoms with E-state index in [4.69, 9.17) is 12.6 Å². The van der Waals surface area contributed by atoms with Crippen molar-refractivity contribution in [2.45, 2.75) is 24.7 Å². The molecule has 0 amide bonds. The fraction of sp³-hybridized carbons (Fsp3) is 0.455. The van der Waals surface area contributed by atoms with Gasteiger partial charge in [-0.15, -0.1) is 0 Å². The van der Waals surface area contributed by atoms with Crippen molar-refractivity contribution < 1.29 is 29.1 Å². The summed E-state index contributed by atoms with van der Waals surface area (Å²) in [6, 6.07) is 8.18. The van der Waals surface area contributed by atoms with E-state index in [2.05, 4.69) is 4.18 Å². The highest BCUT2D eigenvalue weighted by atomic mass is 32.3. The third-order valence-corrected chi connectivity index (χ3v) is 3.69. The summed E-state index contributed by atoms with van der Waals surface area (Å²) in [6.07, 6.45) is 1.68. The van der Waals surface area contributed by atoms with Gasteiger partial charge in [0.2, 0.25) is 0 Å². The van der Waals surface area contributed by atoms with Gasteiger partial charge in [0.15, 0.2) is 0 Å². The highest BCUT2D eigenvalue weighted by Gasteiger charge is 2.13. The second-order valence-corrected chi connectivity index (χ2v) is 6.24. The summed E-state index contributed by atoms with van der Waals surface area (Å²) in [5.74, 6) is 0. The first-order chi connectivity index (χ1) is 9.23. The summed E-state index contributed by atoms with van der Waals surface area (Å²) < 4.78 is 60.1. The Morgan fingerprint density at radius 3 is 2.00 bits per heavy atom. The van der Waals surface area contributed by atoms with Crippen LogP contribution in [0.2, 0.25) is 0 Å². The number of rotatable bonds is 6.